The molecule has 1 unspecified atom stereocenters. The van der Waals surface area contributed by atoms with Gasteiger partial charge in [-0.05, 0) is 13.0 Å². The van der Waals surface area contributed by atoms with Crippen molar-refractivity contribution in [2.24, 2.45) is 5.73 Å². The lowest BCUT2D eigenvalue weighted by molar-refractivity contribution is -0.386. The lowest BCUT2D eigenvalue weighted by atomic mass is 9.99. The summed E-state index contributed by atoms with van der Waals surface area (Å²) in [5.74, 6) is -2.15. The lowest BCUT2D eigenvalue weighted by Gasteiger charge is -2.17. The predicted octanol–water partition coefficient (Wildman–Crippen LogP) is 1.07. The number of benzene rings is 1. The summed E-state index contributed by atoms with van der Waals surface area (Å²) in [5, 5.41) is 29.3. The molecule has 0 spiro atoms. The third kappa shape index (κ3) is 3.43. The minimum absolute atomic E-state index is 0.0731. The Balaban J connectivity index is 3.29. The number of aromatic hydroxyl groups is 1. The summed E-state index contributed by atoms with van der Waals surface area (Å²) in [6, 6.07) is 1.74. The number of hydrogen-bond donors (Lipinski definition) is 2. The van der Waals surface area contributed by atoms with Crippen molar-refractivity contribution >= 4 is 11.7 Å². The van der Waals surface area contributed by atoms with Crippen LogP contribution in [0.4, 0.5) is 10.1 Å². The number of nitrogens with zero attached hydrogens (tertiary/aromatic N) is 2. The van der Waals surface area contributed by atoms with Crippen LogP contribution in [0.15, 0.2) is 12.1 Å². The number of nitro groups is 1. The Morgan fingerprint density at radius 1 is 1.67 bits per heavy atom. The molecule has 0 heterocycles. The molecule has 1 rings (SSSR count). The number of carbonyl (C=O) groups is 1. The van der Waals surface area contributed by atoms with Gasteiger partial charge in [0.2, 0.25) is 6.17 Å². The van der Waals surface area contributed by atoms with Crippen molar-refractivity contribution in [3.05, 3.63) is 33.4 Å². The molecule has 0 bridgehead atoms. The highest BCUT2D eigenvalue weighted by atomic mass is 19.1. The van der Waals surface area contributed by atoms with E-state index in [2.05, 4.69) is 4.74 Å². The Morgan fingerprint density at radius 2 is 2.29 bits per heavy atom. The Hall–Kier alpha value is -2.73. The molecular weight excluding hydrogens is 285 g/mol. The molecule has 0 saturated carbocycles. The van der Waals surface area contributed by atoms with E-state index >= 15 is 0 Å². The Kier molecular flexibility index (Phi) is 5.15. The first-order chi connectivity index (χ1) is 9.83. The van der Waals surface area contributed by atoms with Crippen molar-refractivity contribution in [1.82, 2.24) is 0 Å². The number of halogens is 1. The first kappa shape index (κ1) is 16.3. The first-order valence-electron chi connectivity index (χ1n) is 5.81. The maximum atomic E-state index is 13.8. The van der Waals surface area contributed by atoms with Crippen molar-refractivity contribution in [1.29, 1.82) is 5.26 Å². The SMILES string of the molecule is CCOC(=O)C(F)[C@H](N)c1cc(C#N)cc([N+](=O)[O-])c1O. The molecule has 0 aliphatic heterocycles. The number of nitro benzene ring substituents is 1. The quantitative estimate of drug-likeness (QED) is 0.470. The van der Waals surface area contributed by atoms with Crippen molar-refractivity contribution in [2.75, 3.05) is 6.61 Å². The van der Waals surface area contributed by atoms with Gasteiger partial charge < -0.3 is 15.6 Å². The maximum Gasteiger partial charge on any atom is 0.342 e. The molecule has 0 amide bonds. The number of nitriles is 1. The van der Waals surface area contributed by atoms with E-state index in [1.807, 2.05) is 0 Å². The Bertz CT molecular complexity index is 614. The molecular formula is C12H12FN3O5. The van der Waals surface area contributed by atoms with Gasteiger partial charge in [-0.3, -0.25) is 10.1 Å². The smallest absolute Gasteiger partial charge is 0.342 e. The van der Waals surface area contributed by atoms with Gasteiger partial charge in [-0.1, -0.05) is 0 Å². The van der Waals surface area contributed by atoms with Crippen LogP contribution in [0.2, 0.25) is 0 Å². The minimum atomic E-state index is -2.33. The largest absolute Gasteiger partial charge is 0.502 e. The summed E-state index contributed by atoms with van der Waals surface area (Å²) in [6.07, 6.45) is -2.33. The molecule has 9 heteroatoms. The zero-order chi connectivity index (χ0) is 16.2. The Labute approximate surface area is 118 Å². The van der Waals surface area contributed by atoms with Crippen LogP contribution in [0.5, 0.6) is 5.75 Å². The van der Waals surface area contributed by atoms with Gasteiger partial charge in [-0.2, -0.15) is 5.26 Å². The molecule has 21 heavy (non-hydrogen) atoms. The summed E-state index contributed by atoms with van der Waals surface area (Å²) in [7, 11) is 0. The fourth-order valence-electron chi connectivity index (χ4n) is 1.63. The van der Waals surface area contributed by atoms with Gasteiger partial charge in [0.15, 0.2) is 5.75 Å². The van der Waals surface area contributed by atoms with E-state index in [0.29, 0.717) is 0 Å². The van der Waals surface area contributed by atoms with Crippen LogP contribution in [0, 0.1) is 21.4 Å². The number of nitrogens with two attached hydrogens (primary N) is 1. The number of phenols is 1. The average Bonchev–Trinajstić information content (AvgIpc) is 2.45. The molecule has 2 atom stereocenters. The van der Waals surface area contributed by atoms with Gasteiger partial charge in [0, 0.05) is 11.6 Å². The van der Waals surface area contributed by atoms with Crippen molar-refractivity contribution in [2.45, 2.75) is 19.1 Å². The highest BCUT2D eigenvalue weighted by molar-refractivity contribution is 5.76. The lowest BCUT2D eigenvalue weighted by Crippen LogP contribution is -2.31. The third-order valence-corrected chi connectivity index (χ3v) is 2.63. The fourth-order valence-corrected chi connectivity index (χ4v) is 1.63. The summed E-state index contributed by atoms with van der Waals surface area (Å²) in [6.45, 7) is 1.39. The first-order valence-corrected chi connectivity index (χ1v) is 5.81. The van der Waals surface area contributed by atoms with Crippen LogP contribution in [-0.4, -0.2) is 28.8 Å². The number of carbonyl (C=O) groups excluding carboxylic acids is 1. The monoisotopic (exact) mass is 297 g/mol. The molecule has 0 radical (unpaired) electrons. The van der Waals surface area contributed by atoms with Gasteiger partial charge in [-0.15, -0.1) is 0 Å². The second-order valence-corrected chi connectivity index (χ2v) is 3.98. The van der Waals surface area contributed by atoms with Crippen LogP contribution in [-0.2, 0) is 9.53 Å². The fraction of sp³-hybridized carbons (Fsp3) is 0.333. The zero-order valence-electron chi connectivity index (χ0n) is 10.9. The second kappa shape index (κ2) is 6.62. The summed E-state index contributed by atoms with van der Waals surface area (Å²) in [5.41, 5.74) is 4.09. The molecule has 0 fully saturated rings. The number of esters is 1. The van der Waals surface area contributed by atoms with E-state index < -0.39 is 40.1 Å². The van der Waals surface area contributed by atoms with Crippen molar-refractivity contribution in [3.63, 3.8) is 0 Å². The number of hydrogen-bond acceptors (Lipinski definition) is 7. The molecule has 8 nitrogen and oxygen atoms in total. The predicted molar refractivity (Wildman–Crippen MR) is 67.9 cm³/mol. The van der Waals surface area contributed by atoms with Crippen LogP contribution in [0.1, 0.15) is 24.1 Å². The molecule has 0 aromatic heterocycles. The van der Waals surface area contributed by atoms with Crippen LogP contribution >= 0.6 is 0 Å². The maximum absolute atomic E-state index is 13.8. The molecule has 1 aromatic rings. The molecule has 0 saturated heterocycles. The second-order valence-electron chi connectivity index (χ2n) is 3.98. The van der Waals surface area contributed by atoms with Crippen LogP contribution in [0.3, 0.4) is 0 Å². The van der Waals surface area contributed by atoms with E-state index in [4.69, 9.17) is 11.0 Å². The summed E-state index contributed by atoms with van der Waals surface area (Å²) < 4.78 is 18.3. The molecule has 1 aromatic carbocycles. The summed E-state index contributed by atoms with van der Waals surface area (Å²) in [4.78, 5) is 21.1. The van der Waals surface area contributed by atoms with E-state index in [9.17, 15) is 24.4 Å². The van der Waals surface area contributed by atoms with Crippen molar-refractivity contribution in [3.8, 4) is 11.8 Å². The van der Waals surface area contributed by atoms with Crippen molar-refractivity contribution < 1.29 is 24.0 Å². The molecule has 112 valence electrons. The molecule has 0 aliphatic carbocycles. The standard InChI is InChI=1S/C12H12FN3O5/c1-2-21-12(18)9(13)10(15)7-3-6(5-14)4-8(11(7)17)16(19)20/h3-4,9-10,17H,2,15H2,1H3/t9?,10-/m1/s1. The van der Waals surface area contributed by atoms with Crippen LogP contribution < -0.4 is 5.73 Å². The minimum Gasteiger partial charge on any atom is -0.502 e. The summed E-state index contributed by atoms with van der Waals surface area (Å²) >= 11 is 0. The van der Waals surface area contributed by atoms with E-state index in [1.54, 1.807) is 6.07 Å². The Morgan fingerprint density at radius 3 is 2.76 bits per heavy atom. The number of rotatable bonds is 5. The zero-order valence-corrected chi connectivity index (χ0v) is 10.9. The van der Waals surface area contributed by atoms with E-state index in [-0.39, 0.29) is 12.2 Å². The average molecular weight is 297 g/mol. The van der Waals surface area contributed by atoms with Crippen LogP contribution in [0.25, 0.3) is 0 Å². The highest BCUT2D eigenvalue weighted by Crippen LogP contribution is 2.35. The van der Waals surface area contributed by atoms with Gasteiger partial charge in [0.25, 0.3) is 0 Å². The molecule has 3 N–H and O–H groups in total. The normalized spacial score (nSPS) is 13.0. The highest BCUT2D eigenvalue weighted by Gasteiger charge is 2.32. The third-order valence-electron chi connectivity index (χ3n) is 2.63. The van der Waals surface area contributed by atoms with E-state index in [0.717, 1.165) is 12.1 Å². The van der Waals surface area contributed by atoms with Gasteiger partial charge >= 0.3 is 11.7 Å². The topological polar surface area (TPSA) is 139 Å². The van der Waals surface area contributed by atoms with E-state index in [1.165, 1.54) is 6.92 Å². The van der Waals surface area contributed by atoms with Gasteiger partial charge in [0.1, 0.15) is 0 Å². The van der Waals surface area contributed by atoms with Gasteiger partial charge in [0.05, 0.1) is 29.2 Å². The molecule has 0 aliphatic rings. The van der Waals surface area contributed by atoms with Gasteiger partial charge in [-0.25, -0.2) is 9.18 Å². The number of phenolic OH excluding ortho intramolecular Hbond substituents is 1. The number of ether oxygens (including phenoxy) is 1. The number of alkyl halides is 1.